The van der Waals surface area contributed by atoms with E-state index in [9.17, 15) is 13.2 Å². The molecule has 3 aliphatic heterocycles. The summed E-state index contributed by atoms with van der Waals surface area (Å²) in [5.41, 5.74) is -0.325. The average Bonchev–Trinajstić information content (AvgIpc) is 3.04. The second kappa shape index (κ2) is 10.1. The Morgan fingerprint density at radius 2 is 1.67 bits per heavy atom. The van der Waals surface area contributed by atoms with E-state index in [2.05, 4.69) is 22.1 Å². The van der Waals surface area contributed by atoms with Crippen LogP contribution in [0.15, 0.2) is 29.2 Å². The predicted octanol–water partition coefficient (Wildman–Crippen LogP) is 4.24. The highest BCUT2D eigenvalue weighted by Crippen LogP contribution is 2.27. The van der Waals surface area contributed by atoms with Crippen molar-refractivity contribution >= 4 is 15.9 Å². The zero-order chi connectivity index (χ0) is 24.3. The molecule has 1 N–H and O–H groups in total. The van der Waals surface area contributed by atoms with Gasteiger partial charge in [0.25, 0.3) is 0 Å². The van der Waals surface area contributed by atoms with Gasteiger partial charge in [0.1, 0.15) is 0 Å². The molecule has 1 atom stereocenters. The van der Waals surface area contributed by atoms with Gasteiger partial charge >= 0.3 is 6.09 Å². The van der Waals surface area contributed by atoms with Crippen molar-refractivity contribution in [2.24, 2.45) is 11.3 Å². The molecule has 33 heavy (non-hydrogen) atoms. The number of hydrogen-bond acceptors (Lipinski definition) is 5. The standard InChI is InChI=1S/C26H38N2O4S/c1-25(2,3)15-19-33(30,31)22-8-6-20(7-9-22)10-14-26(4,5)32-24(29)27-23-13-18-28-16-11-21(23)12-17-28/h6-9,21,23H,11-13,15-19H2,1-5H3,(H,27,29). The first kappa shape index (κ1) is 25.6. The molecule has 1 aromatic carbocycles. The molecule has 3 saturated heterocycles. The molecule has 182 valence electrons. The van der Waals surface area contributed by atoms with Crippen LogP contribution in [0, 0.1) is 23.2 Å². The van der Waals surface area contributed by atoms with Gasteiger partial charge in [-0.1, -0.05) is 32.6 Å². The van der Waals surface area contributed by atoms with Gasteiger partial charge in [0.15, 0.2) is 15.4 Å². The number of hydrogen-bond donors (Lipinski definition) is 1. The van der Waals surface area contributed by atoms with Crippen LogP contribution in [0.25, 0.3) is 0 Å². The van der Waals surface area contributed by atoms with E-state index in [0.29, 0.717) is 22.8 Å². The summed E-state index contributed by atoms with van der Waals surface area (Å²) in [6.07, 6.45) is 3.37. The number of amides is 1. The van der Waals surface area contributed by atoms with Gasteiger partial charge in [0, 0.05) is 18.2 Å². The molecule has 0 aromatic heterocycles. The third kappa shape index (κ3) is 7.75. The van der Waals surface area contributed by atoms with Crippen molar-refractivity contribution in [1.82, 2.24) is 10.2 Å². The Balaban J connectivity index is 1.57. The van der Waals surface area contributed by atoms with Crippen LogP contribution in [0.2, 0.25) is 0 Å². The highest BCUT2D eigenvalue weighted by Gasteiger charge is 2.33. The third-order valence-electron chi connectivity index (χ3n) is 6.45. The van der Waals surface area contributed by atoms with Crippen molar-refractivity contribution in [3.63, 3.8) is 0 Å². The Morgan fingerprint density at radius 1 is 1.06 bits per heavy atom. The molecule has 0 radical (unpaired) electrons. The Kier molecular flexibility index (Phi) is 7.80. The van der Waals surface area contributed by atoms with Crippen LogP contribution in [-0.4, -0.2) is 56.4 Å². The fourth-order valence-electron chi connectivity index (χ4n) is 4.29. The molecule has 7 heteroatoms. The Morgan fingerprint density at radius 3 is 2.27 bits per heavy atom. The molecule has 0 saturated carbocycles. The monoisotopic (exact) mass is 474 g/mol. The SMILES string of the molecule is CC(C)(C)CCS(=O)(=O)c1ccc(C#CC(C)(C)OC(=O)NC2CCN3CCC2CC3)cc1. The lowest BCUT2D eigenvalue weighted by molar-refractivity contribution is 0.0725. The van der Waals surface area contributed by atoms with Crippen LogP contribution in [-0.2, 0) is 14.6 Å². The molecule has 1 aromatic rings. The van der Waals surface area contributed by atoms with Gasteiger partial charge in [-0.05, 0) is 88.2 Å². The largest absolute Gasteiger partial charge is 0.430 e. The van der Waals surface area contributed by atoms with E-state index in [-0.39, 0.29) is 17.2 Å². The Labute approximate surface area is 199 Å². The van der Waals surface area contributed by atoms with Crippen LogP contribution in [0.3, 0.4) is 0 Å². The third-order valence-corrected chi connectivity index (χ3v) is 8.18. The number of ether oxygens (including phenoxy) is 1. The van der Waals surface area contributed by atoms with Crippen molar-refractivity contribution < 1.29 is 17.9 Å². The maximum absolute atomic E-state index is 12.6. The lowest BCUT2D eigenvalue weighted by Gasteiger charge is -2.29. The second-order valence-corrected chi connectivity index (χ2v) is 13.1. The molecule has 2 bridgehead atoms. The number of carbonyl (C=O) groups is 1. The Bertz CT molecular complexity index is 989. The van der Waals surface area contributed by atoms with E-state index in [1.54, 1.807) is 38.1 Å². The first-order valence-electron chi connectivity index (χ1n) is 11.9. The van der Waals surface area contributed by atoms with Crippen molar-refractivity contribution in [1.29, 1.82) is 0 Å². The lowest BCUT2D eigenvalue weighted by atomic mass is 9.91. The van der Waals surface area contributed by atoms with Crippen LogP contribution in [0.4, 0.5) is 4.79 Å². The topological polar surface area (TPSA) is 75.7 Å². The predicted molar refractivity (Wildman–Crippen MR) is 131 cm³/mol. The molecular weight excluding hydrogens is 436 g/mol. The van der Waals surface area contributed by atoms with Gasteiger partial charge in [-0.2, -0.15) is 0 Å². The number of rotatable bonds is 5. The highest BCUT2D eigenvalue weighted by atomic mass is 32.2. The van der Waals surface area contributed by atoms with E-state index < -0.39 is 21.5 Å². The number of sulfone groups is 1. The fourth-order valence-corrected chi connectivity index (χ4v) is 5.96. The van der Waals surface area contributed by atoms with Crippen molar-refractivity contribution in [3.8, 4) is 11.8 Å². The fraction of sp³-hybridized carbons (Fsp3) is 0.654. The molecule has 6 nitrogen and oxygen atoms in total. The average molecular weight is 475 g/mol. The normalized spacial score (nSPS) is 23.2. The number of piperidine rings is 1. The van der Waals surface area contributed by atoms with E-state index in [1.165, 1.54) is 0 Å². The minimum atomic E-state index is -3.32. The first-order valence-corrected chi connectivity index (χ1v) is 13.6. The number of alkyl carbamates (subject to hydrolysis) is 1. The van der Waals surface area contributed by atoms with Gasteiger partial charge < -0.3 is 15.0 Å². The summed E-state index contributed by atoms with van der Waals surface area (Å²) >= 11 is 0. The van der Waals surface area contributed by atoms with Crippen molar-refractivity contribution in [2.75, 3.05) is 25.4 Å². The molecule has 3 heterocycles. The maximum Gasteiger partial charge on any atom is 0.408 e. The minimum absolute atomic E-state index is 0.0377. The van der Waals surface area contributed by atoms with Gasteiger partial charge in [0.05, 0.1) is 10.6 Å². The molecule has 3 fully saturated rings. The summed E-state index contributed by atoms with van der Waals surface area (Å²) < 4.78 is 30.7. The molecule has 1 unspecified atom stereocenters. The summed E-state index contributed by atoms with van der Waals surface area (Å²) in [5.74, 6) is 6.65. The smallest absolute Gasteiger partial charge is 0.408 e. The minimum Gasteiger partial charge on any atom is -0.430 e. The van der Waals surface area contributed by atoms with E-state index in [4.69, 9.17) is 4.74 Å². The van der Waals surface area contributed by atoms with Gasteiger partial charge in [-0.15, -0.1) is 0 Å². The van der Waals surface area contributed by atoms with Crippen LogP contribution in [0.5, 0.6) is 0 Å². The maximum atomic E-state index is 12.6. The summed E-state index contributed by atoms with van der Waals surface area (Å²) in [7, 11) is -3.32. The van der Waals surface area contributed by atoms with Crippen LogP contribution in [0.1, 0.15) is 65.9 Å². The van der Waals surface area contributed by atoms with E-state index in [0.717, 1.165) is 38.9 Å². The van der Waals surface area contributed by atoms with E-state index in [1.807, 2.05) is 20.8 Å². The lowest BCUT2D eigenvalue weighted by Crippen LogP contribution is -2.43. The number of nitrogens with zero attached hydrogens (tertiary/aromatic N) is 1. The Hall–Kier alpha value is -2.04. The van der Waals surface area contributed by atoms with Crippen molar-refractivity contribution in [2.45, 2.75) is 76.8 Å². The number of fused-ring (bicyclic) bond motifs is 4. The number of nitrogens with one attached hydrogen (secondary N) is 1. The molecular formula is C26H38N2O4S. The van der Waals surface area contributed by atoms with Crippen LogP contribution >= 0.6 is 0 Å². The zero-order valence-corrected chi connectivity index (χ0v) is 21.4. The number of benzene rings is 1. The molecule has 4 rings (SSSR count). The summed E-state index contributed by atoms with van der Waals surface area (Å²) in [5, 5.41) is 3.07. The van der Waals surface area contributed by atoms with Gasteiger partial charge in [-0.25, -0.2) is 13.2 Å². The number of carbonyl (C=O) groups excluding carboxylic acids is 1. The van der Waals surface area contributed by atoms with E-state index >= 15 is 0 Å². The quantitative estimate of drug-likeness (QED) is 0.646. The molecule has 3 aliphatic rings. The van der Waals surface area contributed by atoms with Crippen molar-refractivity contribution in [3.05, 3.63) is 29.8 Å². The molecule has 1 amide bonds. The van der Waals surface area contributed by atoms with Crippen LogP contribution < -0.4 is 5.32 Å². The first-order chi connectivity index (χ1) is 15.3. The molecule has 0 spiro atoms. The summed E-state index contributed by atoms with van der Waals surface area (Å²) in [6, 6.07) is 6.75. The van der Waals surface area contributed by atoms with Gasteiger partial charge in [-0.3, -0.25) is 0 Å². The van der Waals surface area contributed by atoms with Gasteiger partial charge in [0.2, 0.25) is 0 Å². The highest BCUT2D eigenvalue weighted by molar-refractivity contribution is 7.91. The molecule has 0 aliphatic carbocycles. The zero-order valence-electron chi connectivity index (χ0n) is 20.6. The summed E-state index contributed by atoms with van der Waals surface area (Å²) in [4.78, 5) is 15.3. The summed E-state index contributed by atoms with van der Waals surface area (Å²) in [6.45, 7) is 12.9. The second-order valence-electron chi connectivity index (χ2n) is 11.0.